The molecule has 33 heavy (non-hydrogen) atoms. The summed E-state index contributed by atoms with van der Waals surface area (Å²) in [6, 6.07) is 10.8. The van der Waals surface area contributed by atoms with Gasteiger partial charge in [0, 0.05) is 30.7 Å². The molecule has 0 amide bonds. The quantitative estimate of drug-likeness (QED) is 0.648. The molecule has 5 rings (SSSR count). The highest BCUT2D eigenvalue weighted by Crippen LogP contribution is 2.46. The lowest BCUT2D eigenvalue weighted by Gasteiger charge is -2.49. The van der Waals surface area contributed by atoms with Crippen molar-refractivity contribution in [3.63, 3.8) is 0 Å². The standard InChI is InChI=1S/C25H36N6O2/c1-29(2)25(19-6-4-3-5-7-19)12-10-24(11-13-25)18-31(23(33)28-24)20-16-26-22(27-17-20)30-14-8-21(32)9-15-30/h3-7,16-17,21,23,28,32-33H,8-15,18H2,1-2H3/t23?,24-,25+. The number of hydrogen-bond acceptors (Lipinski definition) is 8. The van der Waals surface area contributed by atoms with E-state index in [1.807, 2.05) is 17.3 Å². The lowest BCUT2D eigenvalue weighted by atomic mass is 9.69. The van der Waals surface area contributed by atoms with Crippen molar-refractivity contribution in [2.45, 2.75) is 62.1 Å². The van der Waals surface area contributed by atoms with E-state index in [9.17, 15) is 10.2 Å². The first-order chi connectivity index (χ1) is 15.9. The Morgan fingerprint density at radius 3 is 2.21 bits per heavy atom. The molecular formula is C25H36N6O2. The van der Waals surface area contributed by atoms with Gasteiger partial charge in [-0.15, -0.1) is 0 Å². The predicted molar refractivity (Wildman–Crippen MR) is 129 cm³/mol. The molecule has 2 aromatic rings. The Morgan fingerprint density at radius 2 is 1.61 bits per heavy atom. The maximum Gasteiger partial charge on any atom is 0.225 e. The number of anilines is 2. The molecule has 1 aromatic carbocycles. The summed E-state index contributed by atoms with van der Waals surface area (Å²) in [5.74, 6) is 0.693. The van der Waals surface area contributed by atoms with Crippen molar-refractivity contribution in [1.82, 2.24) is 20.2 Å². The summed E-state index contributed by atoms with van der Waals surface area (Å²) in [6.45, 7) is 2.28. The Hall–Kier alpha value is -2.26. The molecule has 3 aliphatic rings. The van der Waals surface area contributed by atoms with Crippen LogP contribution in [0, 0.1) is 0 Å². The largest absolute Gasteiger partial charge is 0.393 e. The van der Waals surface area contributed by atoms with Crippen molar-refractivity contribution in [1.29, 1.82) is 0 Å². The van der Waals surface area contributed by atoms with Crippen LogP contribution in [0.1, 0.15) is 44.1 Å². The van der Waals surface area contributed by atoms with Crippen LogP contribution in [0.3, 0.4) is 0 Å². The molecule has 8 heteroatoms. The van der Waals surface area contributed by atoms with Gasteiger partial charge < -0.3 is 20.0 Å². The van der Waals surface area contributed by atoms with Gasteiger partial charge in [-0.3, -0.25) is 10.2 Å². The zero-order valence-electron chi connectivity index (χ0n) is 19.7. The monoisotopic (exact) mass is 452 g/mol. The van der Waals surface area contributed by atoms with Gasteiger partial charge in [0.25, 0.3) is 0 Å². The molecule has 1 spiro atoms. The molecule has 178 valence electrons. The van der Waals surface area contributed by atoms with Crippen molar-refractivity contribution in [3.8, 4) is 0 Å². The molecule has 3 fully saturated rings. The molecule has 1 unspecified atom stereocenters. The number of aromatic nitrogens is 2. The van der Waals surface area contributed by atoms with E-state index < -0.39 is 6.35 Å². The molecule has 1 aliphatic carbocycles. The third kappa shape index (κ3) is 4.21. The Balaban J connectivity index is 1.27. The first-order valence-electron chi connectivity index (χ1n) is 12.1. The topological polar surface area (TPSA) is 88.0 Å². The molecule has 2 saturated heterocycles. The highest BCUT2D eigenvalue weighted by atomic mass is 16.3. The number of hydrogen-bond donors (Lipinski definition) is 3. The fraction of sp³-hybridized carbons (Fsp3) is 0.600. The lowest BCUT2D eigenvalue weighted by molar-refractivity contribution is 0.0513. The van der Waals surface area contributed by atoms with Gasteiger partial charge in [0.15, 0.2) is 6.35 Å². The molecule has 1 aromatic heterocycles. The fourth-order valence-corrected chi connectivity index (χ4v) is 5.92. The van der Waals surface area contributed by atoms with Gasteiger partial charge >= 0.3 is 0 Å². The van der Waals surface area contributed by atoms with Crippen molar-refractivity contribution >= 4 is 11.6 Å². The van der Waals surface area contributed by atoms with Gasteiger partial charge in [0.05, 0.1) is 24.2 Å². The second-order valence-electron chi connectivity index (χ2n) is 10.2. The van der Waals surface area contributed by atoms with Crippen molar-refractivity contribution in [3.05, 3.63) is 48.3 Å². The maximum atomic E-state index is 10.9. The second-order valence-corrected chi connectivity index (χ2v) is 10.2. The predicted octanol–water partition coefficient (Wildman–Crippen LogP) is 1.89. The van der Waals surface area contributed by atoms with Gasteiger partial charge in [-0.2, -0.15) is 0 Å². The summed E-state index contributed by atoms with van der Waals surface area (Å²) in [5.41, 5.74) is 2.11. The van der Waals surface area contributed by atoms with E-state index in [0.717, 1.165) is 63.8 Å². The Kier molecular flexibility index (Phi) is 6.03. The van der Waals surface area contributed by atoms with Gasteiger partial charge in [-0.1, -0.05) is 30.3 Å². The minimum absolute atomic E-state index is 0.0271. The zero-order valence-corrected chi connectivity index (χ0v) is 19.7. The van der Waals surface area contributed by atoms with Crippen LogP contribution < -0.4 is 15.1 Å². The highest BCUT2D eigenvalue weighted by Gasteiger charge is 2.50. The lowest BCUT2D eigenvalue weighted by Crippen LogP contribution is -2.54. The van der Waals surface area contributed by atoms with Crippen LogP contribution >= 0.6 is 0 Å². The number of nitrogens with zero attached hydrogens (tertiary/aromatic N) is 5. The average Bonchev–Trinajstić information content (AvgIpc) is 3.16. The van der Waals surface area contributed by atoms with E-state index in [4.69, 9.17) is 0 Å². The molecular weight excluding hydrogens is 416 g/mol. The van der Waals surface area contributed by atoms with Gasteiger partial charge in [0.1, 0.15) is 0 Å². The summed E-state index contributed by atoms with van der Waals surface area (Å²) >= 11 is 0. The first kappa shape index (κ1) is 22.5. The van der Waals surface area contributed by atoms with Gasteiger partial charge in [-0.05, 0) is 58.2 Å². The molecule has 1 atom stereocenters. The van der Waals surface area contributed by atoms with Crippen LogP contribution in [0.5, 0.6) is 0 Å². The number of nitrogens with one attached hydrogen (secondary N) is 1. The smallest absolute Gasteiger partial charge is 0.225 e. The van der Waals surface area contributed by atoms with Crippen molar-refractivity contribution in [2.75, 3.05) is 43.5 Å². The van der Waals surface area contributed by atoms with Crippen LogP contribution in [-0.4, -0.2) is 76.8 Å². The van der Waals surface area contributed by atoms with Crippen LogP contribution in [0.15, 0.2) is 42.7 Å². The van der Waals surface area contributed by atoms with Crippen LogP contribution in [-0.2, 0) is 5.54 Å². The highest BCUT2D eigenvalue weighted by molar-refractivity contribution is 5.48. The Morgan fingerprint density at radius 1 is 0.970 bits per heavy atom. The second kappa shape index (κ2) is 8.83. The molecule has 0 bridgehead atoms. The summed E-state index contributed by atoms with van der Waals surface area (Å²) in [5, 5.41) is 24.1. The third-order valence-corrected chi connectivity index (χ3v) is 8.11. The number of benzene rings is 1. The van der Waals surface area contributed by atoms with Crippen LogP contribution in [0.2, 0.25) is 0 Å². The molecule has 8 nitrogen and oxygen atoms in total. The van der Waals surface area contributed by atoms with E-state index >= 15 is 0 Å². The summed E-state index contributed by atoms with van der Waals surface area (Å²) in [4.78, 5) is 15.6. The summed E-state index contributed by atoms with van der Waals surface area (Å²) < 4.78 is 0. The van der Waals surface area contributed by atoms with Gasteiger partial charge in [0.2, 0.25) is 5.95 Å². The normalized spacial score (nSPS) is 31.0. The average molecular weight is 453 g/mol. The minimum atomic E-state index is -0.742. The number of aliphatic hydroxyl groups is 2. The molecule has 1 saturated carbocycles. The zero-order chi connectivity index (χ0) is 23.1. The summed E-state index contributed by atoms with van der Waals surface area (Å²) in [7, 11) is 4.35. The van der Waals surface area contributed by atoms with E-state index in [0.29, 0.717) is 5.95 Å². The van der Waals surface area contributed by atoms with Crippen LogP contribution in [0.4, 0.5) is 11.6 Å². The molecule has 3 heterocycles. The number of piperidine rings is 1. The first-order valence-corrected chi connectivity index (χ1v) is 12.1. The van der Waals surface area contributed by atoms with Crippen LogP contribution in [0.25, 0.3) is 0 Å². The van der Waals surface area contributed by atoms with E-state index in [1.165, 1.54) is 5.56 Å². The van der Waals surface area contributed by atoms with E-state index in [1.54, 1.807) is 0 Å². The third-order valence-electron chi connectivity index (χ3n) is 8.11. The minimum Gasteiger partial charge on any atom is -0.393 e. The summed E-state index contributed by atoms with van der Waals surface area (Å²) in [6.07, 6.45) is 8.22. The van der Waals surface area contributed by atoms with E-state index in [2.05, 4.69) is 69.5 Å². The van der Waals surface area contributed by atoms with Gasteiger partial charge in [-0.25, -0.2) is 9.97 Å². The molecule has 3 N–H and O–H groups in total. The Labute approximate surface area is 196 Å². The van der Waals surface area contributed by atoms with E-state index in [-0.39, 0.29) is 17.2 Å². The van der Waals surface area contributed by atoms with Crippen molar-refractivity contribution < 1.29 is 10.2 Å². The SMILES string of the molecule is CN(C)[C@]1(c2ccccc2)CC[C@]2(CC1)CN(c1cnc(N3CCC(O)CC3)nc1)C(O)N2. The maximum absolute atomic E-state index is 10.9. The number of rotatable bonds is 4. The Bertz CT molecular complexity index is 922. The molecule has 0 radical (unpaired) electrons. The van der Waals surface area contributed by atoms with Crippen molar-refractivity contribution in [2.24, 2.45) is 0 Å². The molecule has 2 aliphatic heterocycles. The fourth-order valence-electron chi connectivity index (χ4n) is 5.92. The number of aliphatic hydroxyl groups excluding tert-OH is 2.